The number of carbonyl (C=O) groups is 2. The molecule has 1 fully saturated rings. The highest BCUT2D eigenvalue weighted by Gasteiger charge is 2.43. The molecule has 0 amide bonds. The highest BCUT2D eigenvalue weighted by atomic mass is 19.3. The fourth-order valence-corrected chi connectivity index (χ4v) is 4.70. The van der Waals surface area contributed by atoms with Crippen LogP contribution in [0.5, 0.6) is 5.75 Å². The number of hydrogen-bond donors (Lipinski definition) is 1. The molecule has 1 atom stereocenters. The van der Waals surface area contributed by atoms with Crippen LogP contribution in [0.3, 0.4) is 0 Å². The number of esters is 2. The van der Waals surface area contributed by atoms with Crippen molar-refractivity contribution in [3.8, 4) is 5.75 Å². The van der Waals surface area contributed by atoms with E-state index < -0.39 is 36.5 Å². The van der Waals surface area contributed by atoms with Gasteiger partial charge in [0, 0.05) is 11.5 Å². The number of aliphatic hydroxyl groups is 1. The monoisotopic (exact) mass is 550 g/mol. The van der Waals surface area contributed by atoms with Gasteiger partial charge >= 0.3 is 18.0 Å². The van der Waals surface area contributed by atoms with Crippen LogP contribution in [0.15, 0.2) is 48.6 Å². The van der Waals surface area contributed by atoms with E-state index in [4.69, 9.17) is 19.3 Å². The molecule has 1 saturated carbocycles. The maximum absolute atomic E-state index is 14.9. The van der Waals surface area contributed by atoms with Gasteiger partial charge in [-0.1, -0.05) is 64.8 Å². The SMILES string of the molecule is C=C(CC)C(=O)OCC(COC(=O)C(=C)CO)Cc1ccc(OC(F)(F)C2CCC(CCCCC)CC2)cc1. The lowest BCUT2D eigenvalue weighted by molar-refractivity contribution is -0.223. The number of rotatable bonds is 17. The third-order valence-electron chi connectivity index (χ3n) is 7.33. The Balaban J connectivity index is 1.95. The molecule has 1 aromatic rings. The number of ether oxygens (including phenoxy) is 3. The molecule has 0 saturated heterocycles. The van der Waals surface area contributed by atoms with Crippen molar-refractivity contribution in [3.05, 3.63) is 54.1 Å². The minimum Gasteiger partial charge on any atom is -0.462 e. The Morgan fingerprint density at radius 2 is 1.56 bits per heavy atom. The van der Waals surface area contributed by atoms with E-state index in [9.17, 15) is 18.4 Å². The van der Waals surface area contributed by atoms with Crippen molar-refractivity contribution in [2.24, 2.45) is 17.8 Å². The summed E-state index contributed by atoms with van der Waals surface area (Å²) < 4.78 is 45.5. The molecule has 1 aliphatic carbocycles. The molecule has 218 valence electrons. The molecule has 0 heterocycles. The summed E-state index contributed by atoms with van der Waals surface area (Å²) in [4.78, 5) is 24.0. The lowest BCUT2D eigenvalue weighted by atomic mass is 9.79. The Bertz CT molecular complexity index is 903. The maximum atomic E-state index is 14.9. The van der Waals surface area contributed by atoms with Gasteiger partial charge < -0.3 is 19.3 Å². The highest BCUT2D eigenvalue weighted by molar-refractivity contribution is 5.88. The average Bonchev–Trinajstić information content (AvgIpc) is 2.94. The fraction of sp³-hybridized carbons (Fsp3) is 0.613. The lowest BCUT2D eigenvalue weighted by Crippen LogP contribution is -2.37. The summed E-state index contributed by atoms with van der Waals surface area (Å²) in [7, 11) is 0. The molecule has 0 aliphatic heterocycles. The first-order valence-electron chi connectivity index (χ1n) is 14.1. The molecule has 0 spiro atoms. The Morgan fingerprint density at radius 1 is 0.974 bits per heavy atom. The lowest BCUT2D eigenvalue weighted by Gasteiger charge is -2.33. The molecule has 39 heavy (non-hydrogen) atoms. The largest absolute Gasteiger partial charge is 0.462 e. The summed E-state index contributed by atoms with van der Waals surface area (Å²) in [5, 5.41) is 9.07. The molecule has 6 nitrogen and oxygen atoms in total. The van der Waals surface area contributed by atoms with E-state index in [0.29, 0.717) is 37.2 Å². The van der Waals surface area contributed by atoms with E-state index in [1.807, 2.05) is 0 Å². The van der Waals surface area contributed by atoms with Crippen molar-refractivity contribution in [2.75, 3.05) is 19.8 Å². The molecule has 1 unspecified atom stereocenters. The molecule has 0 radical (unpaired) electrons. The predicted molar refractivity (Wildman–Crippen MR) is 146 cm³/mol. The summed E-state index contributed by atoms with van der Waals surface area (Å²) in [5.74, 6) is -1.85. The second kappa shape index (κ2) is 16.4. The van der Waals surface area contributed by atoms with Gasteiger partial charge in [0.2, 0.25) is 0 Å². The van der Waals surface area contributed by atoms with Crippen LogP contribution in [0, 0.1) is 17.8 Å². The molecule has 1 N–H and O–H groups in total. The van der Waals surface area contributed by atoms with Gasteiger partial charge in [0.1, 0.15) is 5.75 Å². The zero-order valence-electron chi connectivity index (χ0n) is 23.4. The van der Waals surface area contributed by atoms with E-state index in [1.165, 1.54) is 25.0 Å². The van der Waals surface area contributed by atoms with Gasteiger partial charge in [0.15, 0.2) is 0 Å². The molecular weight excluding hydrogens is 506 g/mol. The van der Waals surface area contributed by atoms with Gasteiger partial charge in [-0.25, -0.2) is 9.59 Å². The minimum atomic E-state index is -3.24. The topological polar surface area (TPSA) is 82.1 Å². The summed E-state index contributed by atoms with van der Waals surface area (Å²) >= 11 is 0. The van der Waals surface area contributed by atoms with Crippen molar-refractivity contribution in [1.29, 1.82) is 0 Å². The van der Waals surface area contributed by atoms with Crippen LogP contribution in [0.4, 0.5) is 8.78 Å². The molecule has 1 aliphatic rings. The van der Waals surface area contributed by atoms with Crippen LogP contribution in [0.1, 0.15) is 77.2 Å². The maximum Gasteiger partial charge on any atom is 0.400 e. The summed E-state index contributed by atoms with van der Waals surface area (Å²) in [6.07, 6.45) is 4.78. The van der Waals surface area contributed by atoms with Crippen LogP contribution in [-0.4, -0.2) is 43.0 Å². The van der Waals surface area contributed by atoms with Crippen molar-refractivity contribution < 1.29 is 37.7 Å². The van der Waals surface area contributed by atoms with E-state index >= 15 is 0 Å². The first-order chi connectivity index (χ1) is 18.6. The second-order valence-corrected chi connectivity index (χ2v) is 10.5. The van der Waals surface area contributed by atoms with Crippen molar-refractivity contribution in [2.45, 2.75) is 84.2 Å². The zero-order chi connectivity index (χ0) is 28.8. The quantitative estimate of drug-likeness (QED) is 0.130. The molecule has 0 aromatic heterocycles. The van der Waals surface area contributed by atoms with E-state index in [2.05, 4.69) is 20.1 Å². The second-order valence-electron chi connectivity index (χ2n) is 10.5. The first kappa shape index (κ1) is 32.5. The molecular formula is C31H44F2O6. The van der Waals surface area contributed by atoms with Gasteiger partial charge in [-0.05, 0) is 62.1 Å². The Kier molecular flexibility index (Phi) is 13.6. The van der Waals surface area contributed by atoms with Crippen molar-refractivity contribution in [3.63, 3.8) is 0 Å². The standard InChI is InChI=1S/C31H44F2O6/c1-5-7-8-9-24-10-14-27(15-11-24)31(32,33)39-28-16-12-25(13-17-28)18-26(20-37-29(35)22(3)6-2)21-38-30(36)23(4)19-34/h12-13,16-17,24,26-27,34H,3-11,14-15,18-21H2,1-2H3. The van der Waals surface area contributed by atoms with Crippen LogP contribution < -0.4 is 4.74 Å². The molecule has 2 rings (SSSR count). The van der Waals surface area contributed by atoms with Gasteiger partial charge in [-0.15, -0.1) is 0 Å². The Morgan fingerprint density at radius 3 is 2.10 bits per heavy atom. The first-order valence-corrected chi connectivity index (χ1v) is 14.1. The van der Waals surface area contributed by atoms with Gasteiger partial charge in [-0.3, -0.25) is 0 Å². The van der Waals surface area contributed by atoms with Crippen LogP contribution in [0.2, 0.25) is 0 Å². The van der Waals surface area contributed by atoms with E-state index in [-0.39, 0.29) is 24.5 Å². The normalized spacial score (nSPS) is 18.2. The number of carbonyl (C=O) groups excluding carboxylic acids is 2. The third kappa shape index (κ3) is 11.1. The van der Waals surface area contributed by atoms with Gasteiger partial charge in [0.25, 0.3) is 0 Å². The summed E-state index contributed by atoms with van der Waals surface area (Å²) in [5.41, 5.74) is 1.01. The molecule has 0 bridgehead atoms. The molecule has 8 heteroatoms. The highest BCUT2D eigenvalue weighted by Crippen LogP contribution is 2.41. The number of benzene rings is 1. The summed E-state index contributed by atoms with van der Waals surface area (Å²) in [6.45, 7) is 10.4. The van der Waals surface area contributed by atoms with Crippen molar-refractivity contribution in [1.82, 2.24) is 0 Å². The van der Waals surface area contributed by atoms with Gasteiger partial charge in [0.05, 0.1) is 31.3 Å². The number of aliphatic hydroxyl groups excluding tert-OH is 1. The van der Waals surface area contributed by atoms with Crippen LogP contribution >= 0.6 is 0 Å². The average molecular weight is 551 g/mol. The number of hydrogen-bond acceptors (Lipinski definition) is 6. The van der Waals surface area contributed by atoms with Crippen molar-refractivity contribution >= 4 is 11.9 Å². The van der Waals surface area contributed by atoms with Crippen LogP contribution in [0.25, 0.3) is 0 Å². The fourth-order valence-electron chi connectivity index (χ4n) is 4.70. The van der Waals surface area contributed by atoms with E-state index in [0.717, 1.165) is 31.2 Å². The third-order valence-corrected chi connectivity index (χ3v) is 7.33. The number of alkyl halides is 2. The zero-order valence-corrected chi connectivity index (χ0v) is 23.4. The summed E-state index contributed by atoms with van der Waals surface area (Å²) in [6, 6.07) is 6.34. The Labute approximate surface area is 231 Å². The van der Waals surface area contributed by atoms with Crippen LogP contribution in [-0.2, 0) is 25.5 Å². The number of halogens is 2. The Hall–Kier alpha value is -2.74. The smallest absolute Gasteiger partial charge is 0.400 e. The van der Waals surface area contributed by atoms with Gasteiger partial charge in [-0.2, -0.15) is 8.78 Å². The molecule has 1 aromatic carbocycles. The van der Waals surface area contributed by atoms with E-state index in [1.54, 1.807) is 19.1 Å². The predicted octanol–water partition coefficient (Wildman–Crippen LogP) is 6.80. The minimum absolute atomic E-state index is 0.0336. The number of unbranched alkanes of at least 4 members (excludes halogenated alkanes) is 2.